The van der Waals surface area contributed by atoms with Crippen molar-refractivity contribution >= 4 is 21.9 Å². The highest BCUT2D eigenvalue weighted by Gasteiger charge is 2.14. The van der Waals surface area contributed by atoms with Gasteiger partial charge in [-0.25, -0.2) is 4.39 Å². The SMILES string of the molecule is COC(=O)Cc1c(F)ccc(C)c1CBr. The van der Waals surface area contributed by atoms with Crippen molar-refractivity contribution in [3.8, 4) is 0 Å². The zero-order valence-electron chi connectivity index (χ0n) is 8.64. The quantitative estimate of drug-likeness (QED) is 0.626. The predicted octanol–water partition coefficient (Wildman–Crippen LogP) is 2.74. The summed E-state index contributed by atoms with van der Waals surface area (Å²) in [6, 6.07) is 3.08. The second kappa shape index (κ2) is 5.26. The van der Waals surface area contributed by atoms with E-state index in [1.807, 2.05) is 6.92 Å². The fraction of sp³-hybridized carbons (Fsp3) is 0.364. The number of aryl methyl sites for hydroxylation is 1. The van der Waals surface area contributed by atoms with Gasteiger partial charge in [-0.1, -0.05) is 22.0 Å². The summed E-state index contributed by atoms with van der Waals surface area (Å²) in [6.07, 6.45) is -0.0229. The van der Waals surface area contributed by atoms with Crippen LogP contribution in [0.25, 0.3) is 0 Å². The van der Waals surface area contributed by atoms with Crippen LogP contribution in [-0.2, 0) is 21.3 Å². The maximum atomic E-state index is 13.5. The first-order chi connectivity index (χ1) is 7.10. The van der Waals surface area contributed by atoms with Crippen LogP contribution in [0.5, 0.6) is 0 Å². The number of methoxy groups -OCH3 is 1. The molecule has 1 aromatic rings. The fourth-order valence-corrected chi connectivity index (χ4v) is 2.16. The van der Waals surface area contributed by atoms with E-state index in [0.717, 1.165) is 11.1 Å². The number of carbonyl (C=O) groups is 1. The normalized spacial score (nSPS) is 10.1. The second-order valence-electron chi connectivity index (χ2n) is 3.21. The van der Waals surface area contributed by atoms with Crippen LogP contribution in [0.1, 0.15) is 16.7 Å². The molecule has 0 unspecified atom stereocenters. The predicted molar refractivity (Wildman–Crippen MR) is 59.5 cm³/mol. The standard InChI is InChI=1S/C11H12BrFO2/c1-7-3-4-10(13)8(9(7)6-12)5-11(14)15-2/h3-4H,5-6H2,1-2H3. The molecule has 0 atom stereocenters. The molecule has 0 spiro atoms. The van der Waals surface area contributed by atoms with Crippen LogP contribution in [0, 0.1) is 12.7 Å². The van der Waals surface area contributed by atoms with Crippen molar-refractivity contribution in [2.45, 2.75) is 18.7 Å². The molecule has 0 aromatic heterocycles. The van der Waals surface area contributed by atoms with Gasteiger partial charge in [0.2, 0.25) is 0 Å². The molecule has 0 saturated carbocycles. The van der Waals surface area contributed by atoms with Crippen LogP contribution in [-0.4, -0.2) is 13.1 Å². The monoisotopic (exact) mass is 274 g/mol. The summed E-state index contributed by atoms with van der Waals surface area (Å²) < 4.78 is 18.0. The summed E-state index contributed by atoms with van der Waals surface area (Å²) in [5.74, 6) is -0.790. The number of hydrogen-bond donors (Lipinski definition) is 0. The molecule has 0 fully saturated rings. The number of rotatable bonds is 3. The van der Waals surface area contributed by atoms with E-state index >= 15 is 0 Å². The van der Waals surface area contributed by atoms with Crippen LogP contribution in [0.2, 0.25) is 0 Å². The molecule has 0 aliphatic rings. The van der Waals surface area contributed by atoms with Gasteiger partial charge in [-0.15, -0.1) is 0 Å². The van der Waals surface area contributed by atoms with Crippen molar-refractivity contribution < 1.29 is 13.9 Å². The van der Waals surface area contributed by atoms with Crippen molar-refractivity contribution in [1.29, 1.82) is 0 Å². The van der Waals surface area contributed by atoms with Gasteiger partial charge in [0.15, 0.2) is 0 Å². The Bertz CT molecular complexity index is 377. The largest absolute Gasteiger partial charge is 0.469 e. The Labute approximate surface area is 96.6 Å². The van der Waals surface area contributed by atoms with Crippen LogP contribution in [0.4, 0.5) is 4.39 Å². The first kappa shape index (κ1) is 12.2. The highest BCUT2D eigenvalue weighted by molar-refractivity contribution is 9.08. The molecule has 0 radical (unpaired) electrons. The van der Waals surface area contributed by atoms with E-state index in [9.17, 15) is 9.18 Å². The summed E-state index contributed by atoms with van der Waals surface area (Å²) in [7, 11) is 1.30. The molecule has 0 aliphatic carbocycles. The highest BCUT2D eigenvalue weighted by Crippen LogP contribution is 2.21. The molecular formula is C11H12BrFO2. The number of alkyl halides is 1. The van der Waals surface area contributed by atoms with Crippen LogP contribution < -0.4 is 0 Å². The Balaban J connectivity index is 3.13. The number of carbonyl (C=O) groups excluding carboxylic acids is 1. The third-order valence-electron chi connectivity index (χ3n) is 2.29. The number of ether oxygens (including phenoxy) is 1. The highest BCUT2D eigenvalue weighted by atomic mass is 79.9. The Kier molecular flexibility index (Phi) is 4.27. The first-order valence-corrected chi connectivity index (χ1v) is 5.62. The Morgan fingerprint density at radius 1 is 1.47 bits per heavy atom. The molecule has 0 saturated heterocycles. The van der Waals surface area contributed by atoms with Crippen molar-refractivity contribution in [3.63, 3.8) is 0 Å². The molecule has 0 heterocycles. The minimum atomic E-state index is -0.429. The lowest BCUT2D eigenvalue weighted by atomic mass is 10.0. The molecule has 1 aromatic carbocycles. The molecule has 4 heteroatoms. The topological polar surface area (TPSA) is 26.3 Å². The van der Waals surface area contributed by atoms with Gasteiger partial charge >= 0.3 is 5.97 Å². The first-order valence-electron chi connectivity index (χ1n) is 4.49. The van der Waals surface area contributed by atoms with Crippen LogP contribution >= 0.6 is 15.9 Å². The summed E-state index contributed by atoms with van der Waals surface area (Å²) in [5, 5.41) is 0.531. The zero-order valence-corrected chi connectivity index (χ0v) is 10.2. The molecule has 0 amide bonds. The van der Waals surface area contributed by atoms with Crippen molar-refractivity contribution in [3.05, 3.63) is 34.6 Å². The zero-order chi connectivity index (χ0) is 11.4. The Hall–Kier alpha value is -0.900. The number of hydrogen-bond acceptors (Lipinski definition) is 2. The summed E-state index contributed by atoms with van der Waals surface area (Å²) in [4.78, 5) is 11.1. The summed E-state index contributed by atoms with van der Waals surface area (Å²) in [6.45, 7) is 1.89. The molecule has 1 rings (SSSR count). The third kappa shape index (κ3) is 2.78. The molecule has 82 valence electrons. The lowest BCUT2D eigenvalue weighted by Crippen LogP contribution is -2.09. The second-order valence-corrected chi connectivity index (χ2v) is 3.77. The minimum absolute atomic E-state index is 0.0229. The van der Waals surface area contributed by atoms with Gasteiger partial charge in [0, 0.05) is 10.9 Å². The average Bonchev–Trinajstić information content (AvgIpc) is 2.23. The van der Waals surface area contributed by atoms with Crippen molar-refractivity contribution in [1.82, 2.24) is 0 Å². The van der Waals surface area contributed by atoms with Crippen LogP contribution in [0.3, 0.4) is 0 Å². The fourth-order valence-electron chi connectivity index (χ4n) is 1.38. The molecule has 0 aliphatic heterocycles. The minimum Gasteiger partial charge on any atom is -0.469 e. The number of esters is 1. The lowest BCUT2D eigenvalue weighted by molar-refractivity contribution is -0.139. The van der Waals surface area contributed by atoms with Gasteiger partial charge in [0.05, 0.1) is 13.5 Å². The molecule has 0 bridgehead atoms. The van der Waals surface area contributed by atoms with E-state index in [2.05, 4.69) is 20.7 Å². The Morgan fingerprint density at radius 3 is 2.67 bits per heavy atom. The van der Waals surface area contributed by atoms with Crippen LogP contribution in [0.15, 0.2) is 12.1 Å². The van der Waals surface area contributed by atoms with E-state index in [4.69, 9.17) is 0 Å². The van der Waals surface area contributed by atoms with Gasteiger partial charge in [-0.2, -0.15) is 0 Å². The summed E-state index contributed by atoms with van der Waals surface area (Å²) >= 11 is 3.29. The number of halogens is 2. The van der Waals surface area contributed by atoms with Gasteiger partial charge < -0.3 is 4.74 Å². The molecule has 2 nitrogen and oxygen atoms in total. The van der Waals surface area contributed by atoms with Crippen molar-refractivity contribution in [2.75, 3.05) is 7.11 Å². The maximum Gasteiger partial charge on any atom is 0.310 e. The number of benzene rings is 1. The van der Waals surface area contributed by atoms with E-state index in [1.165, 1.54) is 13.2 Å². The van der Waals surface area contributed by atoms with E-state index < -0.39 is 5.97 Å². The van der Waals surface area contributed by atoms with E-state index in [-0.39, 0.29) is 12.2 Å². The van der Waals surface area contributed by atoms with Gasteiger partial charge in [-0.3, -0.25) is 4.79 Å². The Morgan fingerprint density at radius 2 is 2.13 bits per heavy atom. The van der Waals surface area contributed by atoms with Gasteiger partial charge in [0.25, 0.3) is 0 Å². The maximum absolute atomic E-state index is 13.5. The third-order valence-corrected chi connectivity index (χ3v) is 2.85. The van der Waals surface area contributed by atoms with E-state index in [1.54, 1.807) is 6.07 Å². The lowest BCUT2D eigenvalue weighted by Gasteiger charge is -2.10. The summed E-state index contributed by atoms with van der Waals surface area (Å²) in [5.41, 5.74) is 2.20. The van der Waals surface area contributed by atoms with E-state index in [0.29, 0.717) is 10.9 Å². The molecule has 0 N–H and O–H groups in total. The molecule has 15 heavy (non-hydrogen) atoms. The molecular weight excluding hydrogens is 263 g/mol. The smallest absolute Gasteiger partial charge is 0.310 e. The van der Waals surface area contributed by atoms with Gasteiger partial charge in [0.1, 0.15) is 5.82 Å². The average molecular weight is 275 g/mol. The van der Waals surface area contributed by atoms with Gasteiger partial charge in [-0.05, 0) is 24.1 Å². The van der Waals surface area contributed by atoms with Crippen molar-refractivity contribution in [2.24, 2.45) is 0 Å².